The van der Waals surface area contributed by atoms with Crippen molar-refractivity contribution in [2.75, 3.05) is 13.1 Å². The minimum atomic E-state index is -0.409. The van der Waals surface area contributed by atoms with Gasteiger partial charge in [-0.3, -0.25) is 4.79 Å². The number of hydrogen-bond donors (Lipinski definition) is 1. The van der Waals surface area contributed by atoms with Crippen molar-refractivity contribution in [1.82, 2.24) is 4.90 Å². The van der Waals surface area contributed by atoms with Gasteiger partial charge in [-0.05, 0) is 50.3 Å². The first kappa shape index (κ1) is 13.5. The molecule has 1 aromatic heterocycles. The maximum Gasteiger partial charge on any atom is 0.255 e. The second-order valence-electron chi connectivity index (χ2n) is 4.32. The quantitative estimate of drug-likeness (QED) is 0.810. The van der Waals surface area contributed by atoms with E-state index < -0.39 is 6.10 Å². The Bertz CT molecular complexity index is 435. The van der Waals surface area contributed by atoms with Gasteiger partial charge in [-0.1, -0.05) is 6.92 Å². The van der Waals surface area contributed by atoms with Crippen LogP contribution in [0.4, 0.5) is 0 Å². The van der Waals surface area contributed by atoms with Gasteiger partial charge in [0.15, 0.2) is 0 Å². The van der Waals surface area contributed by atoms with Gasteiger partial charge in [-0.15, -0.1) is 11.3 Å². The predicted molar refractivity (Wildman–Crippen MR) is 75.4 cm³/mol. The van der Waals surface area contributed by atoms with Gasteiger partial charge in [0, 0.05) is 13.1 Å². The van der Waals surface area contributed by atoms with E-state index in [0.29, 0.717) is 12.1 Å². The molecule has 1 amide bonds. The summed E-state index contributed by atoms with van der Waals surface area (Å²) in [4.78, 5) is 14.0. The zero-order valence-electron chi connectivity index (χ0n) is 9.32. The van der Waals surface area contributed by atoms with Crippen LogP contribution in [0.1, 0.15) is 23.7 Å². The molecular formula is C11H13Br2NO2S. The van der Waals surface area contributed by atoms with Crippen LogP contribution in [-0.2, 0) is 0 Å². The number of carbonyl (C=O) groups excluding carboxylic acids is 1. The SMILES string of the molecule is CC1CCN(C(=O)c2cc(Br)sc2Br)CC1O. The van der Waals surface area contributed by atoms with Crippen LogP contribution in [0, 0.1) is 5.92 Å². The summed E-state index contributed by atoms with van der Waals surface area (Å²) in [7, 11) is 0. The van der Waals surface area contributed by atoms with Crippen molar-refractivity contribution < 1.29 is 9.90 Å². The van der Waals surface area contributed by atoms with Crippen LogP contribution in [0.3, 0.4) is 0 Å². The molecule has 1 fully saturated rings. The fraction of sp³-hybridized carbons (Fsp3) is 0.545. The van der Waals surface area contributed by atoms with Gasteiger partial charge >= 0.3 is 0 Å². The van der Waals surface area contributed by atoms with E-state index in [1.807, 2.05) is 13.0 Å². The second kappa shape index (κ2) is 5.38. The summed E-state index contributed by atoms with van der Waals surface area (Å²) >= 11 is 8.24. The van der Waals surface area contributed by atoms with Crippen LogP contribution >= 0.6 is 43.2 Å². The predicted octanol–water partition coefficient (Wildman–Crippen LogP) is 3.12. The van der Waals surface area contributed by atoms with E-state index in [0.717, 1.165) is 20.5 Å². The highest BCUT2D eigenvalue weighted by Gasteiger charge is 2.29. The summed E-state index contributed by atoms with van der Waals surface area (Å²) in [5, 5.41) is 9.81. The lowest BCUT2D eigenvalue weighted by Crippen LogP contribution is -2.45. The lowest BCUT2D eigenvalue weighted by atomic mass is 9.96. The summed E-state index contributed by atoms with van der Waals surface area (Å²) in [5.74, 6) is 0.265. The Balaban J connectivity index is 2.13. The monoisotopic (exact) mass is 381 g/mol. The zero-order chi connectivity index (χ0) is 12.6. The summed E-state index contributed by atoms with van der Waals surface area (Å²) in [6.07, 6.45) is 0.448. The normalized spacial score (nSPS) is 25.1. The molecule has 0 aromatic carbocycles. The minimum Gasteiger partial charge on any atom is -0.391 e. The molecule has 2 rings (SSSR count). The maximum atomic E-state index is 12.3. The van der Waals surface area contributed by atoms with Crippen molar-refractivity contribution in [3.05, 3.63) is 19.2 Å². The van der Waals surface area contributed by atoms with Crippen molar-refractivity contribution in [2.24, 2.45) is 5.92 Å². The Hall–Kier alpha value is 0.0900. The Labute approximate surface area is 121 Å². The molecule has 17 heavy (non-hydrogen) atoms. The molecule has 6 heteroatoms. The first-order valence-corrected chi connectivity index (χ1v) is 7.81. The Morgan fingerprint density at radius 2 is 2.29 bits per heavy atom. The van der Waals surface area contributed by atoms with E-state index >= 15 is 0 Å². The van der Waals surface area contributed by atoms with E-state index in [-0.39, 0.29) is 11.8 Å². The highest BCUT2D eigenvalue weighted by Crippen LogP contribution is 2.33. The molecule has 0 spiro atoms. The average molecular weight is 383 g/mol. The number of halogens is 2. The lowest BCUT2D eigenvalue weighted by Gasteiger charge is -2.34. The largest absolute Gasteiger partial charge is 0.391 e. The van der Waals surface area contributed by atoms with E-state index in [1.54, 1.807) is 4.90 Å². The van der Waals surface area contributed by atoms with E-state index in [2.05, 4.69) is 31.9 Å². The fourth-order valence-electron chi connectivity index (χ4n) is 1.89. The molecule has 0 bridgehead atoms. The maximum absolute atomic E-state index is 12.3. The van der Waals surface area contributed by atoms with Crippen molar-refractivity contribution in [1.29, 1.82) is 0 Å². The average Bonchev–Trinajstić information content (AvgIpc) is 2.61. The number of aliphatic hydroxyl groups is 1. The van der Waals surface area contributed by atoms with Crippen molar-refractivity contribution >= 4 is 49.1 Å². The zero-order valence-corrected chi connectivity index (χ0v) is 13.3. The van der Waals surface area contributed by atoms with E-state index in [4.69, 9.17) is 0 Å². The molecule has 0 radical (unpaired) electrons. The first-order chi connectivity index (χ1) is 7.99. The third-order valence-corrected chi connectivity index (χ3v) is 5.43. The highest BCUT2D eigenvalue weighted by atomic mass is 79.9. The molecule has 94 valence electrons. The van der Waals surface area contributed by atoms with Crippen LogP contribution < -0.4 is 0 Å². The Morgan fingerprint density at radius 1 is 1.59 bits per heavy atom. The lowest BCUT2D eigenvalue weighted by molar-refractivity contribution is 0.0248. The molecule has 1 aliphatic rings. The van der Waals surface area contributed by atoms with Gasteiger partial charge in [0.1, 0.15) is 0 Å². The third kappa shape index (κ3) is 2.92. The number of hydrogen-bond acceptors (Lipinski definition) is 3. The Morgan fingerprint density at radius 3 is 2.82 bits per heavy atom. The number of aliphatic hydroxyl groups excluding tert-OH is 1. The molecule has 0 saturated carbocycles. The molecule has 3 nitrogen and oxygen atoms in total. The molecule has 2 heterocycles. The topological polar surface area (TPSA) is 40.5 Å². The van der Waals surface area contributed by atoms with Gasteiger partial charge in [-0.25, -0.2) is 0 Å². The first-order valence-electron chi connectivity index (χ1n) is 5.41. The molecule has 1 N–H and O–H groups in total. The molecule has 2 unspecified atom stereocenters. The third-order valence-electron chi connectivity index (χ3n) is 3.09. The number of β-amino-alcohol motifs (C(OH)–C–C–N with tert-alkyl or cyclic N) is 1. The van der Waals surface area contributed by atoms with Crippen LogP contribution in [0.5, 0.6) is 0 Å². The van der Waals surface area contributed by atoms with Crippen LogP contribution in [0.15, 0.2) is 13.6 Å². The molecule has 2 atom stereocenters. The Kier molecular flexibility index (Phi) is 4.28. The number of likely N-dealkylation sites (tertiary alicyclic amines) is 1. The number of nitrogens with zero attached hydrogens (tertiary/aromatic N) is 1. The number of carbonyl (C=O) groups is 1. The van der Waals surface area contributed by atoms with Gasteiger partial charge < -0.3 is 10.0 Å². The molecule has 1 aliphatic heterocycles. The van der Waals surface area contributed by atoms with Crippen LogP contribution in [-0.4, -0.2) is 35.1 Å². The number of amides is 1. The summed E-state index contributed by atoms with van der Waals surface area (Å²) < 4.78 is 1.76. The van der Waals surface area contributed by atoms with Crippen molar-refractivity contribution in [2.45, 2.75) is 19.4 Å². The molecule has 0 aliphatic carbocycles. The number of thiophene rings is 1. The van der Waals surface area contributed by atoms with Crippen molar-refractivity contribution in [3.63, 3.8) is 0 Å². The van der Waals surface area contributed by atoms with Gasteiger partial charge in [0.05, 0.1) is 19.2 Å². The van der Waals surface area contributed by atoms with Crippen molar-refractivity contribution in [3.8, 4) is 0 Å². The molecular weight excluding hydrogens is 370 g/mol. The molecule has 1 aromatic rings. The smallest absolute Gasteiger partial charge is 0.255 e. The van der Waals surface area contributed by atoms with E-state index in [9.17, 15) is 9.90 Å². The number of piperidine rings is 1. The van der Waals surface area contributed by atoms with Crippen LogP contribution in [0.2, 0.25) is 0 Å². The minimum absolute atomic E-state index is 0.00947. The summed E-state index contributed by atoms with van der Waals surface area (Å²) in [6.45, 7) is 3.17. The molecule has 1 saturated heterocycles. The van der Waals surface area contributed by atoms with E-state index in [1.165, 1.54) is 11.3 Å². The number of rotatable bonds is 1. The summed E-state index contributed by atoms with van der Waals surface area (Å²) in [6, 6.07) is 1.82. The van der Waals surface area contributed by atoms with Crippen LogP contribution in [0.25, 0.3) is 0 Å². The fourth-order valence-corrected chi connectivity index (χ4v) is 4.67. The van der Waals surface area contributed by atoms with Gasteiger partial charge in [0.25, 0.3) is 5.91 Å². The summed E-state index contributed by atoms with van der Waals surface area (Å²) in [5.41, 5.74) is 0.670. The standard InChI is InChI=1S/C11H13Br2NO2S/c1-6-2-3-14(5-8(6)15)11(16)7-4-9(12)17-10(7)13/h4,6,8,15H,2-3,5H2,1H3. The highest BCUT2D eigenvalue weighted by molar-refractivity contribution is 9.12. The second-order valence-corrected chi connectivity index (χ2v) is 8.07. The van der Waals surface area contributed by atoms with Gasteiger partial charge in [-0.2, -0.15) is 0 Å². The van der Waals surface area contributed by atoms with Gasteiger partial charge in [0.2, 0.25) is 0 Å².